The lowest BCUT2D eigenvalue weighted by atomic mass is 9.88. The van der Waals surface area contributed by atoms with Crippen molar-refractivity contribution >= 4 is 34.2 Å². The Balaban J connectivity index is 1.96. The largest absolute Gasteiger partial charge is 0.497 e. The Morgan fingerprint density at radius 3 is 2.62 bits per heavy atom. The molecule has 2 aromatic rings. The molecule has 1 aromatic heterocycles. The Hall–Kier alpha value is -2.87. The van der Waals surface area contributed by atoms with Crippen molar-refractivity contribution in [3.63, 3.8) is 0 Å². The van der Waals surface area contributed by atoms with Crippen LogP contribution in [-0.2, 0) is 27.2 Å². The van der Waals surface area contributed by atoms with Gasteiger partial charge in [-0.3, -0.25) is 9.59 Å². The zero-order chi connectivity index (χ0) is 21.1. The van der Waals surface area contributed by atoms with E-state index >= 15 is 0 Å². The molecule has 7 nitrogen and oxygen atoms in total. The summed E-state index contributed by atoms with van der Waals surface area (Å²) in [6.45, 7) is 1.71. The van der Waals surface area contributed by atoms with E-state index in [1.165, 1.54) is 18.4 Å². The number of aryl methyl sites for hydroxylation is 2. The van der Waals surface area contributed by atoms with Crippen LogP contribution in [0, 0.1) is 5.92 Å². The zero-order valence-electron chi connectivity index (χ0n) is 16.5. The van der Waals surface area contributed by atoms with Crippen molar-refractivity contribution in [2.24, 2.45) is 5.92 Å². The number of rotatable bonds is 7. The number of thiophene rings is 1. The SMILES string of the molecule is COC(=O)c1c(NC(=O)C[C@H](C)CC(=O)O)sc2c1-c1ccc(OC)cc1CC2. The van der Waals surface area contributed by atoms with Crippen molar-refractivity contribution in [3.05, 3.63) is 34.2 Å². The Morgan fingerprint density at radius 2 is 1.97 bits per heavy atom. The molecule has 3 rings (SSSR count). The minimum absolute atomic E-state index is 0.0588. The molecule has 0 bridgehead atoms. The predicted molar refractivity (Wildman–Crippen MR) is 110 cm³/mol. The highest BCUT2D eigenvalue weighted by Crippen LogP contribution is 2.46. The molecule has 1 aromatic carbocycles. The number of carbonyl (C=O) groups excluding carboxylic acids is 2. The lowest BCUT2D eigenvalue weighted by Crippen LogP contribution is -2.18. The number of esters is 1. The number of hydrogen-bond donors (Lipinski definition) is 2. The summed E-state index contributed by atoms with van der Waals surface area (Å²) in [4.78, 5) is 36.9. The molecule has 0 spiro atoms. The van der Waals surface area contributed by atoms with Gasteiger partial charge in [-0.15, -0.1) is 11.3 Å². The van der Waals surface area contributed by atoms with Crippen molar-refractivity contribution < 1.29 is 29.0 Å². The minimum Gasteiger partial charge on any atom is -0.497 e. The third kappa shape index (κ3) is 4.42. The van der Waals surface area contributed by atoms with Gasteiger partial charge in [0, 0.05) is 23.3 Å². The first kappa shape index (κ1) is 20.9. The van der Waals surface area contributed by atoms with Crippen LogP contribution in [0.3, 0.4) is 0 Å². The van der Waals surface area contributed by atoms with Gasteiger partial charge in [-0.05, 0) is 42.0 Å². The number of amides is 1. The number of carbonyl (C=O) groups is 3. The number of methoxy groups -OCH3 is 2. The molecule has 8 heteroatoms. The van der Waals surface area contributed by atoms with E-state index in [2.05, 4.69) is 5.32 Å². The fourth-order valence-corrected chi connectivity index (χ4v) is 4.80. The lowest BCUT2D eigenvalue weighted by Gasteiger charge is -2.18. The number of fused-ring (bicyclic) bond motifs is 3. The van der Waals surface area contributed by atoms with Gasteiger partial charge in [-0.25, -0.2) is 4.79 Å². The van der Waals surface area contributed by atoms with Crippen LogP contribution in [0.15, 0.2) is 18.2 Å². The summed E-state index contributed by atoms with van der Waals surface area (Å²) in [5, 5.41) is 12.1. The summed E-state index contributed by atoms with van der Waals surface area (Å²) in [5.41, 5.74) is 3.15. The van der Waals surface area contributed by atoms with Crippen molar-refractivity contribution in [2.75, 3.05) is 19.5 Å². The first-order chi connectivity index (χ1) is 13.8. The molecule has 0 unspecified atom stereocenters. The van der Waals surface area contributed by atoms with Crippen molar-refractivity contribution in [3.8, 4) is 16.9 Å². The summed E-state index contributed by atoms with van der Waals surface area (Å²) in [7, 11) is 2.92. The topological polar surface area (TPSA) is 102 Å². The molecule has 0 fully saturated rings. The number of nitrogens with one attached hydrogen (secondary N) is 1. The van der Waals surface area contributed by atoms with Crippen LogP contribution in [0.2, 0.25) is 0 Å². The number of ether oxygens (including phenoxy) is 2. The van der Waals surface area contributed by atoms with Gasteiger partial charge in [0.1, 0.15) is 16.3 Å². The van der Waals surface area contributed by atoms with E-state index in [9.17, 15) is 14.4 Å². The Bertz CT molecular complexity index is 964. The maximum absolute atomic E-state index is 12.6. The maximum Gasteiger partial charge on any atom is 0.341 e. The summed E-state index contributed by atoms with van der Waals surface area (Å²) in [6.07, 6.45) is 1.52. The molecular formula is C21H23NO6S. The quantitative estimate of drug-likeness (QED) is 0.666. The van der Waals surface area contributed by atoms with Gasteiger partial charge >= 0.3 is 11.9 Å². The van der Waals surface area contributed by atoms with Crippen LogP contribution >= 0.6 is 11.3 Å². The average Bonchev–Trinajstić information content (AvgIpc) is 3.04. The van der Waals surface area contributed by atoms with Crippen molar-refractivity contribution in [1.29, 1.82) is 0 Å². The maximum atomic E-state index is 12.6. The van der Waals surface area contributed by atoms with Gasteiger partial charge < -0.3 is 19.9 Å². The van der Waals surface area contributed by atoms with Crippen LogP contribution in [0.25, 0.3) is 11.1 Å². The Morgan fingerprint density at radius 1 is 1.21 bits per heavy atom. The number of aliphatic carboxylic acids is 1. The minimum atomic E-state index is -0.945. The molecule has 0 saturated heterocycles. The predicted octanol–water partition coefficient (Wildman–Crippen LogP) is 3.75. The van der Waals surface area contributed by atoms with Gasteiger partial charge in [0.25, 0.3) is 0 Å². The third-order valence-corrected chi connectivity index (χ3v) is 6.05. The Labute approximate surface area is 172 Å². The van der Waals surface area contributed by atoms with E-state index in [0.717, 1.165) is 40.2 Å². The van der Waals surface area contributed by atoms with Crippen LogP contribution < -0.4 is 10.1 Å². The highest BCUT2D eigenvalue weighted by Gasteiger charge is 2.30. The Kier molecular flexibility index (Phi) is 6.22. The summed E-state index contributed by atoms with van der Waals surface area (Å²) in [5.74, 6) is -1.34. The van der Waals surface area contributed by atoms with E-state index in [0.29, 0.717) is 10.6 Å². The van der Waals surface area contributed by atoms with Crippen molar-refractivity contribution in [1.82, 2.24) is 0 Å². The molecular weight excluding hydrogens is 394 g/mol. The van der Waals surface area contributed by atoms with Gasteiger partial charge in [-0.1, -0.05) is 13.0 Å². The normalized spacial score (nSPS) is 13.1. The molecule has 154 valence electrons. The second-order valence-corrected chi connectivity index (χ2v) is 8.18. The first-order valence-electron chi connectivity index (χ1n) is 9.27. The molecule has 1 aliphatic rings. The molecule has 1 atom stereocenters. The van der Waals surface area contributed by atoms with E-state index in [1.807, 2.05) is 18.2 Å². The standard InChI is InChI=1S/C21H23NO6S/c1-11(9-17(24)25)8-16(23)22-20-19(21(26)28-3)18-14-6-5-13(27-2)10-12(14)4-7-15(18)29-20/h5-6,10-11H,4,7-9H2,1-3H3,(H,22,23)(H,24,25)/t11-/m0/s1. The number of benzene rings is 1. The summed E-state index contributed by atoms with van der Waals surface area (Å²) >= 11 is 1.37. The van der Waals surface area contributed by atoms with Gasteiger partial charge in [0.15, 0.2) is 0 Å². The van der Waals surface area contributed by atoms with Gasteiger partial charge in [0.05, 0.1) is 14.2 Å². The van der Waals surface area contributed by atoms with Crippen molar-refractivity contribution in [2.45, 2.75) is 32.6 Å². The highest BCUT2D eigenvalue weighted by molar-refractivity contribution is 7.17. The first-order valence-corrected chi connectivity index (χ1v) is 10.1. The molecule has 29 heavy (non-hydrogen) atoms. The van der Waals surface area contributed by atoms with E-state index in [4.69, 9.17) is 14.6 Å². The fourth-order valence-electron chi connectivity index (χ4n) is 3.58. The van der Waals surface area contributed by atoms with Crippen LogP contribution in [-0.4, -0.2) is 37.2 Å². The molecule has 1 amide bonds. The second kappa shape index (κ2) is 8.65. The van der Waals surface area contributed by atoms with E-state index < -0.39 is 11.9 Å². The molecule has 1 aliphatic carbocycles. The van der Waals surface area contributed by atoms with Gasteiger partial charge in [-0.2, -0.15) is 0 Å². The molecule has 0 saturated carbocycles. The molecule has 2 N–H and O–H groups in total. The summed E-state index contributed by atoms with van der Waals surface area (Å²) in [6, 6.07) is 5.73. The lowest BCUT2D eigenvalue weighted by molar-refractivity contribution is -0.138. The molecule has 0 aliphatic heterocycles. The third-order valence-electron chi connectivity index (χ3n) is 4.88. The van der Waals surface area contributed by atoms with E-state index in [-0.39, 0.29) is 24.7 Å². The smallest absolute Gasteiger partial charge is 0.341 e. The molecule has 1 heterocycles. The fraction of sp³-hybridized carbons (Fsp3) is 0.381. The number of carboxylic acids is 1. The summed E-state index contributed by atoms with van der Waals surface area (Å²) < 4.78 is 10.3. The average molecular weight is 417 g/mol. The second-order valence-electron chi connectivity index (χ2n) is 7.07. The van der Waals surface area contributed by atoms with Crippen LogP contribution in [0.5, 0.6) is 5.75 Å². The monoisotopic (exact) mass is 417 g/mol. The zero-order valence-corrected chi connectivity index (χ0v) is 17.4. The highest BCUT2D eigenvalue weighted by atomic mass is 32.1. The number of hydrogen-bond acceptors (Lipinski definition) is 6. The number of anilines is 1. The van der Waals surface area contributed by atoms with Crippen LogP contribution in [0.1, 0.15) is 40.6 Å². The van der Waals surface area contributed by atoms with Crippen LogP contribution in [0.4, 0.5) is 5.00 Å². The molecule has 0 radical (unpaired) electrons. The van der Waals surface area contributed by atoms with Gasteiger partial charge in [0.2, 0.25) is 5.91 Å². The van der Waals surface area contributed by atoms with E-state index in [1.54, 1.807) is 14.0 Å². The number of carboxylic acid groups (broad SMARTS) is 1.